The number of benzene rings is 1. The summed E-state index contributed by atoms with van der Waals surface area (Å²) < 4.78 is 15.7. The summed E-state index contributed by atoms with van der Waals surface area (Å²) in [5.41, 5.74) is 3.50. The van der Waals surface area contributed by atoms with Crippen LogP contribution in [0.5, 0.6) is 0 Å². The molecule has 0 aliphatic heterocycles. The van der Waals surface area contributed by atoms with Crippen molar-refractivity contribution in [3.63, 3.8) is 0 Å². The third kappa shape index (κ3) is 5.98. The van der Waals surface area contributed by atoms with Crippen LogP contribution in [0.25, 0.3) is 0 Å². The predicted octanol–water partition coefficient (Wildman–Crippen LogP) is 9.78. The van der Waals surface area contributed by atoms with Gasteiger partial charge in [0.15, 0.2) is 0 Å². The van der Waals surface area contributed by atoms with Gasteiger partial charge in [-0.05, 0) is 97.6 Å². The van der Waals surface area contributed by atoms with Gasteiger partial charge in [-0.25, -0.2) is 4.39 Å². The van der Waals surface area contributed by atoms with Crippen LogP contribution >= 0.6 is 0 Å². The molecular weight excluding hydrogens is 391 g/mol. The van der Waals surface area contributed by atoms with Crippen LogP contribution in [0.1, 0.15) is 139 Å². The van der Waals surface area contributed by atoms with Gasteiger partial charge < -0.3 is 0 Å². The van der Waals surface area contributed by atoms with Gasteiger partial charge in [-0.1, -0.05) is 90.2 Å². The summed E-state index contributed by atoms with van der Waals surface area (Å²) in [4.78, 5) is 0. The van der Waals surface area contributed by atoms with E-state index in [4.69, 9.17) is 0 Å². The lowest BCUT2D eigenvalue weighted by molar-refractivity contribution is 0.112. The maximum absolute atomic E-state index is 15.7. The van der Waals surface area contributed by atoms with Gasteiger partial charge in [0.2, 0.25) is 0 Å². The molecule has 0 radical (unpaired) electrons. The molecule has 0 amide bonds. The van der Waals surface area contributed by atoms with Gasteiger partial charge >= 0.3 is 0 Å². The van der Waals surface area contributed by atoms with E-state index in [1.54, 1.807) is 0 Å². The maximum Gasteiger partial charge on any atom is 0.130 e. The molecule has 3 aliphatic carbocycles. The summed E-state index contributed by atoms with van der Waals surface area (Å²) in [6, 6.07) is 4.53. The first kappa shape index (κ1) is 24.3. The molecular formula is C31H49F. The van der Waals surface area contributed by atoms with Gasteiger partial charge in [-0.3, -0.25) is 0 Å². The molecule has 0 spiro atoms. The van der Waals surface area contributed by atoms with Crippen LogP contribution in [0.3, 0.4) is 0 Å². The van der Waals surface area contributed by atoms with Crippen molar-refractivity contribution in [2.75, 3.05) is 0 Å². The molecule has 1 aromatic carbocycles. The number of rotatable bonds is 10. The molecule has 0 heterocycles. The highest BCUT2D eigenvalue weighted by atomic mass is 19.1. The molecule has 32 heavy (non-hydrogen) atoms. The molecule has 0 saturated heterocycles. The van der Waals surface area contributed by atoms with Crippen molar-refractivity contribution < 1.29 is 4.39 Å². The van der Waals surface area contributed by atoms with E-state index in [-0.39, 0.29) is 5.82 Å². The SMILES string of the molecule is CCCCCCCC1CCc2c(ccc(C3CCC4CC(CCCC)CCC4C3)c2F)C1. The van der Waals surface area contributed by atoms with Crippen LogP contribution < -0.4 is 0 Å². The van der Waals surface area contributed by atoms with E-state index in [1.165, 1.54) is 108 Å². The molecule has 4 rings (SSSR count). The fraction of sp³-hybridized carbons (Fsp3) is 0.806. The Morgan fingerprint density at radius 3 is 2.34 bits per heavy atom. The van der Waals surface area contributed by atoms with E-state index in [0.717, 1.165) is 47.6 Å². The Bertz CT molecular complexity index is 707. The first-order chi connectivity index (χ1) is 15.7. The smallest absolute Gasteiger partial charge is 0.130 e. The number of unbranched alkanes of at least 4 members (excludes halogenated alkanes) is 5. The lowest BCUT2D eigenvalue weighted by Gasteiger charge is -2.42. The average Bonchev–Trinajstić information content (AvgIpc) is 2.82. The Balaban J connectivity index is 1.32. The van der Waals surface area contributed by atoms with Crippen LogP contribution in [0, 0.1) is 29.5 Å². The highest BCUT2D eigenvalue weighted by molar-refractivity contribution is 5.38. The van der Waals surface area contributed by atoms with Gasteiger partial charge in [0.05, 0.1) is 0 Å². The van der Waals surface area contributed by atoms with Gasteiger partial charge in [0.25, 0.3) is 0 Å². The van der Waals surface area contributed by atoms with Crippen LogP contribution in [0.15, 0.2) is 12.1 Å². The van der Waals surface area contributed by atoms with Crippen molar-refractivity contribution >= 4 is 0 Å². The van der Waals surface area contributed by atoms with Crippen molar-refractivity contribution in [3.8, 4) is 0 Å². The standard InChI is InChI=1S/C31H49F/c1-3-5-7-8-9-11-24-13-18-29-27(21-24)17-19-30(31(29)32)28-16-15-25-20-23(10-6-4-2)12-14-26(25)22-28/h17,19,23-26,28H,3-16,18,20-22H2,1-2H3. The molecule has 2 saturated carbocycles. The molecule has 2 fully saturated rings. The van der Waals surface area contributed by atoms with E-state index >= 15 is 4.39 Å². The van der Waals surface area contributed by atoms with E-state index < -0.39 is 0 Å². The Labute approximate surface area is 198 Å². The fourth-order valence-electron chi connectivity index (χ4n) is 7.52. The van der Waals surface area contributed by atoms with Crippen molar-refractivity contribution in [3.05, 3.63) is 34.6 Å². The summed E-state index contributed by atoms with van der Waals surface area (Å²) in [6.07, 6.45) is 23.8. The number of fused-ring (bicyclic) bond motifs is 2. The van der Waals surface area contributed by atoms with Gasteiger partial charge in [-0.2, -0.15) is 0 Å². The summed E-state index contributed by atoms with van der Waals surface area (Å²) in [5, 5.41) is 0. The zero-order valence-corrected chi connectivity index (χ0v) is 21.1. The molecule has 0 N–H and O–H groups in total. The summed E-state index contributed by atoms with van der Waals surface area (Å²) in [5.74, 6) is 4.23. The maximum atomic E-state index is 15.7. The second-order valence-corrected chi connectivity index (χ2v) is 11.8. The number of halogens is 1. The molecule has 5 unspecified atom stereocenters. The van der Waals surface area contributed by atoms with E-state index in [1.807, 2.05) is 0 Å². The summed E-state index contributed by atoms with van der Waals surface area (Å²) in [6.45, 7) is 4.60. The van der Waals surface area contributed by atoms with Crippen molar-refractivity contribution in [1.82, 2.24) is 0 Å². The first-order valence-corrected chi connectivity index (χ1v) is 14.5. The van der Waals surface area contributed by atoms with Crippen molar-refractivity contribution in [1.29, 1.82) is 0 Å². The monoisotopic (exact) mass is 440 g/mol. The zero-order valence-electron chi connectivity index (χ0n) is 21.1. The highest BCUT2D eigenvalue weighted by Gasteiger charge is 2.37. The third-order valence-electron chi connectivity index (χ3n) is 9.52. The molecule has 0 bridgehead atoms. The van der Waals surface area contributed by atoms with E-state index in [0.29, 0.717) is 5.92 Å². The fourth-order valence-corrected chi connectivity index (χ4v) is 7.52. The third-order valence-corrected chi connectivity index (χ3v) is 9.52. The Morgan fingerprint density at radius 2 is 1.50 bits per heavy atom. The Morgan fingerprint density at radius 1 is 0.750 bits per heavy atom. The second-order valence-electron chi connectivity index (χ2n) is 11.8. The Hall–Kier alpha value is -0.850. The van der Waals surface area contributed by atoms with Gasteiger partial charge in [-0.15, -0.1) is 0 Å². The van der Waals surface area contributed by atoms with E-state index in [9.17, 15) is 0 Å². The van der Waals surface area contributed by atoms with Crippen LogP contribution in [-0.2, 0) is 12.8 Å². The van der Waals surface area contributed by atoms with E-state index in [2.05, 4.69) is 26.0 Å². The minimum absolute atomic E-state index is 0.198. The number of hydrogen-bond donors (Lipinski definition) is 0. The minimum Gasteiger partial charge on any atom is -0.206 e. The predicted molar refractivity (Wildman–Crippen MR) is 136 cm³/mol. The molecule has 1 aromatic rings. The lowest BCUT2D eigenvalue weighted by atomic mass is 9.63. The lowest BCUT2D eigenvalue weighted by Crippen LogP contribution is -2.31. The minimum atomic E-state index is 0.198. The zero-order chi connectivity index (χ0) is 22.3. The molecule has 5 atom stereocenters. The topological polar surface area (TPSA) is 0 Å². The molecule has 0 aromatic heterocycles. The van der Waals surface area contributed by atoms with Crippen molar-refractivity contribution in [2.45, 2.75) is 135 Å². The molecule has 3 aliphatic rings. The summed E-state index contributed by atoms with van der Waals surface area (Å²) in [7, 11) is 0. The Kier molecular flexibility index (Phi) is 9.13. The quantitative estimate of drug-likeness (QED) is 0.317. The molecule has 180 valence electrons. The average molecular weight is 441 g/mol. The number of hydrogen-bond acceptors (Lipinski definition) is 0. The summed E-state index contributed by atoms with van der Waals surface area (Å²) >= 11 is 0. The van der Waals surface area contributed by atoms with Crippen LogP contribution in [0.4, 0.5) is 4.39 Å². The molecule has 0 nitrogen and oxygen atoms in total. The molecule has 1 heteroatoms. The largest absolute Gasteiger partial charge is 0.206 e. The second kappa shape index (κ2) is 12.0. The van der Waals surface area contributed by atoms with Gasteiger partial charge in [0, 0.05) is 0 Å². The first-order valence-electron chi connectivity index (χ1n) is 14.5. The highest BCUT2D eigenvalue weighted by Crippen LogP contribution is 2.49. The van der Waals surface area contributed by atoms with Crippen molar-refractivity contribution in [2.24, 2.45) is 23.7 Å². The van der Waals surface area contributed by atoms with Crippen LogP contribution in [-0.4, -0.2) is 0 Å². The van der Waals surface area contributed by atoms with Crippen LogP contribution in [0.2, 0.25) is 0 Å². The van der Waals surface area contributed by atoms with Gasteiger partial charge in [0.1, 0.15) is 5.82 Å². The normalized spacial score (nSPS) is 30.0.